The standard InChI is InChI=1S/C16H11F2N3OS2/c17-12-7-5-10(6-8-12)14(22)19-15-20-21-16(24-15)23-9-11-3-1-2-4-13(11)18/h1-8H,9H2,(H,19,20,22). The van der Waals surface area contributed by atoms with Crippen LogP contribution in [0.15, 0.2) is 52.9 Å². The number of nitrogens with one attached hydrogen (secondary N) is 1. The second-order valence-corrected chi connectivity index (χ2v) is 6.91. The third-order valence-corrected chi connectivity index (χ3v) is 5.06. The summed E-state index contributed by atoms with van der Waals surface area (Å²) < 4.78 is 27.0. The fraction of sp³-hybridized carbons (Fsp3) is 0.0625. The number of anilines is 1. The normalized spacial score (nSPS) is 10.6. The smallest absolute Gasteiger partial charge is 0.257 e. The maximum absolute atomic E-state index is 13.6. The van der Waals surface area contributed by atoms with Crippen molar-refractivity contribution in [2.24, 2.45) is 0 Å². The third kappa shape index (κ3) is 4.15. The number of carbonyl (C=O) groups excluding carboxylic acids is 1. The highest BCUT2D eigenvalue weighted by molar-refractivity contribution is 8.00. The molecule has 1 N–H and O–H groups in total. The van der Waals surface area contributed by atoms with Crippen molar-refractivity contribution in [1.29, 1.82) is 0 Å². The van der Waals surface area contributed by atoms with Crippen molar-refractivity contribution < 1.29 is 13.6 Å². The minimum atomic E-state index is -0.408. The lowest BCUT2D eigenvalue weighted by Gasteiger charge is -2.00. The van der Waals surface area contributed by atoms with Crippen LogP contribution in [-0.4, -0.2) is 16.1 Å². The van der Waals surface area contributed by atoms with Crippen molar-refractivity contribution in [2.75, 3.05) is 5.32 Å². The summed E-state index contributed by atoms with van der Waals surface area (Å²) in [5, 5.41) is 10.8. The maximum atomic E-state index is 13.6. The van der Waals surface area contributed by atoms with Crippen molar-refractivity contribution in [3.8, 4) is 0 Å². The monoisotopic (exact) mass is 363 g/mol. The minimum Gasteiger partial charge on any atom is -0.296 e. The van der Waals surface area contributed by atoms with Gasteiger partial charge in [-0.05, 0) is 35.9 Å². The van der Waals surface area contributed by atoms with Crippen LogP contribution in [0.5, 0.6) is 0 Å². The predicted octanol–water partition coefficient (Wildman–Crippen LogP) is 4.36. The van der Waals surface area contributed by atoms with Gasteiger partial charge in [-0.25, -0.2) is 8.78 Å². The van der Waals surface area contributed by atoms with Crippen LogP contribution in [0.1, 0.15) is 15.9 Å². The van der Waals surface area contributed by atoms with Gasteiger partial charge in [-0.3, -0.25) is 10.1 Å². The summed E-state index contributed by atoms with van der Waals surface area (Å²) in [6, 6.07) is 11.7. The molecule has 0 saturated carbocycles. The Hall–Kier alpha value is -2.32. The van der Waals surface area contributed by atoms with Gasteiger partial charge in [0.15, 0.2) is 4.34 Å². The molecule has 2 aromatic carbocycles. The summed E-state index contributed by atoms with van der Waals surface area (Å²) in [7, 11) is 0. The Kier molecular flexibility index (Phi) is 5.17. The summed E-state index contributed by atoms with van der Waals surface area (Å²) in [6.45, 7) is 0. The number of hydrogen-bond acceptors (Lipinski definition) is 5. The first-order valence-electron chi connectivity index (χ1n) is 6.88. The lowest BCUT2D eigenvalue weighted by molar-refractivity contribution is 0.102. The predicted molar refractivity (Wildman–Crippen MR) is 90.2 cm³/mol. The molecule has 24 heavy (non-hydrogen) atoms. The third-order valence-electron chi connectivity index (χ3n) is 3.04. The van der Waals surface area contributed by atoms with E-state index in [1.165, 1.54) is 53.4 Å². The van der Waals surface area contributed by atoms with Crippen LogP contribution >= 0.6 is 23.1 Å². The van der Waals surface area contributed by atoms with Gasteiger partial charge in [-0.2, -0.15) is 0 Å². The zero-order chi connectivity index (χ0) is 16.9. The number of benzene rings is 2. The molecule has 0 aliphatic heterocycles. The lowest BCUT2D eigenvalue weighted by Crippen LogP contribution is -2.11. The topological polar surface area (TPSA) is 54.9 Å². The molecule has 0 radical (unpaired) electrons. The molecule has 0 fully saturated rings. The van der Waals surface area contributed by atoms with Crippen LogP contribution in [0.3, 0.4) is 0 Å². The number of amides is 1. The molecule has 0 aliphatic rings. The van der Waals surface area contributed by atoms with Crippen LogP contribution in [-0.2, 0) is 5.75 Å². The molecule has 3 rings (SSSR count). The molecule has 0 saturated heterocycles. The SMILES string of the molecule is O=C(Nc1nnc(SCc2ccccc2F)s1)c1ccc(F)cc1. The van der Waals surface area contributed by atoms with Crippen molar-refractivity contribution in [3.63, 3.8) is 0 Å². The Morgan fingerprint density at radius 2 is 1.83 bits per heavy atom. The van der Waals surface area contributed by atoms with E-state index in [-0.39, 0.29) is 5.82 Å². The first-order valence-corrected chi connectivity index (χ1v) is 8.68. The molecular formula is C16H11F2N3OS2. The van der Waals surface area contributed by atoms with Crippen LogP contribution in [0, 0.1) is 11.6 Å². The van der Waals surface area contributed by atoms with E-state index in [1.807, 2.05) is 0 Å². The molecular weight excluding hydrogens is 352 g/mol. The molecule has 8 heteroatoms. The summed E-state index contributed by atoms with van der Waals surface area (Å²) in [4.78, 5) is 12.0. The van der Waals surface area contributed by atoms with E-state index < -0.39 is 11.7 Å². The molecule has 0 atom stereocenters. The first kappa shape index (κ1) is 16.5. The molecule has 4 nitrogen and oxygen atoms in total. The number of carbonyl (C=O) groups is 1. The van der Waals surface area contributed by atoms with Crippen LogP contribution in [0.4, 0.5) is 13.9 Å². The molecule has 3 aromatic rings. The van der Waals surface area contributed by atoms with E-state index in [9.17, 15) is 13.6 Å². The lowest BCUT2D eigenvalue weighted by atomic mass is 10.2. The van der Waals surface area contributed by atoms with Gasteiger partial charge in [-0.1, -0.05) is 41.3 Å². The molecule has 122 valence electrons. The van der Waals surface area contributed by atoms with Gasteiger partial charge < -0.3 is 0 Å². The van der Waals surface area contributed by atoms with E-state index in [0.29, 0.717) is 26.4 Å². The zero-order valence-electron chi connectivity index (χ0n) is 12.2. The van der Waals surface area contributed by atoms with Crippen molar-refractivity contribution >= 4 is 34.1 Å². The Balaban J connectivity index is 1.60. The van der Waals surface area contributed by atoms with Crippen molar-refractivity contribution in [2.45, 2.75) is 10.1 Å². The Bertz CT molecular complexity index is 853. The van der Waals surface area contributed by atoms with Gasteiger partial charge in [0.2, 0.25) is 5.13 Å². The van der Waals surface area contributed by atoms with Gasteiger partial charge in [0.05, 0.1) is 0 Å². The van der Waals surface area contributed by atoms with Crippen LogP contribution in [0.2, 0.25) is 0 Å². The fourth-order valence-corrected chi connectivity index (χ4v) is 3.58. The number of hydrogen-bond donors (Lipinski definition) is 1. The highest BCUT2D eigenvalue weighted by atomic mass is 32.2. The van der Waals surface area contributed by atoms with Crippen molar-refractivity contribution in [1.82, 2.24) is 10.2 Å². The largest absolute Gasteiger partial charge is 0.296 e. The summed E-state index contributed by atoms with van der Waals surface area (Å²) >= 11 is 2.53. The second kappa shape index (κ2) is 7.50. The van der Waals surface area contributed by atoms with E-state index in [0.717, 1.165) is 0 Å². The average molecular weight is 363 g/mol. The van der Waals surface area contributed by atoms with Gasteiger partial charge in [-0.15, -0.1) is 10.2 Å². The van der Waals surface area contributed by atoms with E-state index >= 15 is 0 Å². The summed E-state index contributed by atoms with van der Waals surface area (Å²) in [6.07, 6.45) is 0. The van der Waals surface area contributed by atoms with E-state index in [4.69, 9.17) is 0 Å². The Morgan fingerprint density at radius 3 is 2.58 bits per heavy atom. The fourth-order valence-electron chi connectivity index (χ4n) is 1.84. The zero-order valence-corrected chi connectivity index (χ0v) is 13.8. The van der Waals surface area contributed by atoms with Crippen LogP contribution < -0.4 is 5.32 Å². The molecule has 0 aliphatic carbocycles. The van der Waals surface area contributed by atoms with Gasteiger partial charge >= 0.3 is 0 Å². The van der Waals surface area contributed by atoms with Crippen molar-refractivity contribution in [3.05, 3.63) is 71.3 Å². The molecule has 0 spiro atoms. The average Bonchev–Trinajstić information content (AvgIpc) is 3.02. The molecule has 0 bridgehead atoms. The van der Waals surface area contributed by atoms with Gasteiger partial charge in [0.25, 0.3) is 5.91 Å². The second-order valence-electron chi connectivity index (χ2n) is 4.71. The Morgan fingerprint density at radius 1 is 1.08 bits per heavy atom. The molecule has 1 aromatic heterocycles. The molecule has 1 amide bonds. The minimum absolute atomic E-state index is 0.264. The Labute approximate surface area is 144 Å². The maximum Gasteiger partial charge on any atom is 0.257 e. The quantitative estimate of drug-likeness (QED) is 0.540. The first-order chi connectivity index (χ1) is 11.6. The number of nitrogens with zero attached hydrogens (tertiary/aromatic N) is 2. The summed E-state index contributed by atoms with van der Waals surface area (Å²) in [5.74, 6) is -0.641. The van der Waals surface area contributed by atoms with E-state index in [2.05, 4.69) is 15.5 Å². The highest BCUT2D eigenvalue weighted by Crippen LogP contribution is 2.29. The number of aromatic nitrogens is 2. The van der Waals surface area contributed by atoms with E-state index in [1.54, 1.807) is 18.2 Å². The molecule has 1 heterocycles. The van der Waals surface area contributed by atoms with Gasteiger partial charge in [0.1, 0.15) is 11.6 Å². The molecule has 0 unspecified atom stereocenters. The highest BCUT2D eigenvalue weighted by Gasteiger charge is 2.11. The van der Waals surface area contributed by atoms with Gasteiger partial charge in [0, 0.05) is 11.3 Å². The number of thioether (sulfide) groups is 1. The number of rotatable bonds is 5. The number of halogens is 2. The van der Waals surface area contributed by atoms with Crippen LogP contribution in [0.25, 0.3) is 0 Å². The summed E-state index contributed by atoms with van der Waals surface area (Å²) in [5.41, 5.74) is 0.904.